The summed E-state index contributed by atoms with van der Waals surface area (Å²) >= 11 is 0. The minimum absolute atomic E-state index is 0.314. The molecule has 0 saturated carbocycles. The molecule has 6 nitrogen and oxygen atoms in total. The van der Waals surface area contributed by atoms with E-state index in [1.54, 1.807) is 0 Å². The summed E-state index contributed by atoms with van der Waals surface area (Å²) in [4.78, 5) is 0. The van der Waals surface area contributed by atoms with Crippen LogP contribution in [0, 0.1) is 0 Å². The van der Waals surface area contributed by atoms with E-state index < -0.39 is 15.2 Å². The third-order valence-electron chi connectivity index (χ3n) is 4.48. The standard InChI is InChI=1S/C20H44O6P2/c1-5-8-11-14-17-24-27(21,23-4)20-28(22,25-18-15-12-9-6-2)26-19-16-13-10-7-3/h5-20H2,1-4H3. The van der Waals surface area contributed by atoms with Crippen LogP contribution in [0.15, 0.2) is 0 Å². The first kappa shape index (κ1) is 28.3. The Balaban J connectivity index is 4.68. The highest BCUT2D eigenvalue weighted by molar-refractivity contribution is 7.71. The average molecular weight is 443 g/mol. The fraction of sp³-hybridized carbons (Fsp3) is 1.00. The van der Waals surface area contributed by atoms with E-state index in [1.807, 2.05) is 0 Å². The van der Waals surface area contributed by atoms with Crippen molar-refractivity contribution in [3.05, 3.63) is 0 Å². The monoisotopic (exact) mass is 442 g/mol. The van der Waals surface area contributed by atoms with Crippen LogP contribution in [-0.4, -0.2) is 32.8 Å². The average Bonchev–Trinajstić information content (AvgIpc) is 2.67. The van der Waals surface area contributed by atoms with Crippen molar-refractivity contribution in [3.8, 4) is 0 Å². The van der Waals surface area contributed by atoms with E-state index in [4.69, 9.17) is 18.1 Å². The molecule has 0 aliphatic rings. The molecule has 1 unspecified atom stereocenters. The van der Waals surface area contributed by atoms with Gasteiger partial charge in [0.25, 0.3) is 0 Å². The molecular weight excluding hydrogens is 398 g/mol. The minimum Gasteiger partial charge on any atom is -0.311 e. The minimum atomic E-state index is -3.53. The Labute approximate surface area is 173 Å². The molecule has 0 N–H and O–H groups in total. The van der Waals surface area contributed by atoms with Gasteiger partial charge < -0.3 is 18.1 Å². The molecule has 0 aromatic rings. The molecule has 0 amide bonds. The Kier molecular flexibility index (Phi) is 18.3. The summed E-state index contributed by atoms with van der Waals surface area (Å²) in [5, 5.41) is 0. The Morgan fingerprint density at radius 1 is 0.536 bits per heavy atom. The zero-order valence-corrected chi connectivity index (χ0v) is 20.4. The zero-order chi connectivity index (χ0) is 21.1. The van der Waals surface area contributed by atoms with Crippen molar-refractivity contribution >= 4 is 15.2 Å². The van der Waals surface area contributed by atoms with Gasteiger partial charge in [0.1, 0.15) is 0 Å². The molecule has 0 rings (SSSR count). The Bertz CT molecular complexity index is 426. The van der Waals surface area contributed by atoms with Gasteiger partial charge in [-0.15, -0.1) is 0 Å². The third-order valence-corrected chi connectivity index (χ3v) is 9.54. The maximum absolute atomic E-state index is 13.2. The van der Waals surface area contributed by atoms with Crippen molar-refractivity contribution in [3.63, 3.8) is 0 Å². The van der Waals surface area contributed by atoms with Crippen molar-refractivity contribution in [1.29, 1.82) is 0 Å². The van der Waals surface area contributed by atoms with Crippen LogP contribution in [0.25, 0.3) is 0 Å². The molecule has 0 fully saturated rings. The smallest absolute Gasteiger partial charge is 0.311 e. The maximum atomic E-state index is 13.2. The number of unbranched alkanes of at least 4 members (excludes halogenated alkanes) is 9. The SMILES string of the molecule is CCCCCCOP(=O)(CP(=O)(OCCCCCC)OCCCCCC)OC. The van der Waals surface area contributed by atoms with E-state index in [0.717, 1.165) is 77.0 Å². The van der Waals surface area contributed by atoms with Gasteiger partial charge in [0.05, 0.1) is 19.8 Å². The summed E-state index contributed by atoms with van der Waals surface area (Å²) in [6, 6.07) is 0. The lowest BCUT2D eigenvalue weighted by Crippen LogP contribution is -2.07. The summed E-state index contributed by atoms with van der Waals surface area (Å²) in [6.07, 6.45) is 12.2. The van der Waals surface area contributed by atoms with Crippen molar-refractivity contribution in [2.45, 2.75) is 97.8 Å². The normalized spacial score (nSPS) is 14.3. The highest BCUT2D eigenvalue weighted by atomic mass is 31.2. The van der Waals surface area contributed by atoms with Crippen molar-refractivity contribution in [1.82, 2.24) is 0 Å². The Morgan fingerprint density at radius 3 is 1.21 bits per heavy atom. The Morgan fingerprint density at radius 2 is 0.893 bits per heavy atom. The summed E-state index contributed by atoms with van der Waals surface area (Å²) in [5.41, 5.74) is 0. The van der Waals surface area contributed by atoms with E-state index in [2.05, 4.69) is 20.8 Å². The molecule has 170 valence electrons. The van der Waals surface area contributed by atoms with Crippen molar-refractivity contribution in [2.24, 2.45) is 0 Å². The lowest BCUT2D eigenvalue weighted by Gasteiger charge is -2.23. The lowest BCUT2D eigenvalue weighted by molar-refractivity contribution is 0.194. The second-order valence-electron chi connectivity index (χ2n) is 7.23. The highest BCUT2D eigenvalue weighted by Crippen LogP contribution is 2.63. The van der Waals surface area contributed by atoms with Crippen LogP contribution in [0.3, 0.4) is 0 Å². The first-order valence-electron chi connectivity index (χ1n) is 11.1. The Hall–Kier alpha value is 0.300. The first-order valence-corrected chi connectivity index (χ1v) is 14.6. The molecule has 8 heteroatoms. The fourth-order valence-corrected chi connectivity index (χ4v) is 7.22. The van der Waals surface area contributed by atoms with Gasteiger partial charge in [-0.05, 0) is 19.3 Å². The largest absolute Gasteiger partial charge is 0.342 e. The molecule has 0 heterocycles. The van der Waals surface area contributed by atoms with Crippen LogP contribution < -0.4 is 0 Å². The molecule has 0 saturated heterocycles. The maximum Gasteiger partial charge on any atom is 0.342 e. The van der Waals surface area contributed by atoms with E-state index in [9.17, 15) is 9.13 Å². The molecule has 0 aromatic heterocycles. The van der Waals surface area contributed by atoms with Gasteiger partial charge >= 0.3 is 15.2 Å². The van der Waals surface area contributed by atoms with Crippen molar-refractivity contribution in [2.75, 3.05) is 32.8 Å². The van der Waals surface area contributed by atoms with Crippen molar-refractivity contribution < 1.29 is 27.2 Å². The van der Waals surface area contributed by atoms with Gasteiger partial charge in [-0.1, -0.05) is 78.6 Å². The third kappa shape index (κ3) is 15.2. The van der Waals surface area contributed by atoms with Gasteiger partial charge in [-0.3, -0.25) is 9.13 Å². The molecule has 0 radical (unpaired) electrons. The zero-order valence-electron chi connectivity index (χ0n) is 18.7. The number of hydrogen-bond donors (Lipinski definition) is 0. The topological polar surface area (TPSA) is 71.1 Å². The molecule has 0 aliphatic heterocycles. The lowest BCUT2D eigenvalue weighted by atomic mass is 10.2. The van der Waals surface area contributed by atoms with E-state index in [0.29, 0.717) is 19.8 Å². The molecule has 1 atom stereocenters. The highest BCUT2D eigenvalue weighted by Gasteiger charge is 2.38. The van der Waals surface area contributed by atoms with Crippen LogP contribution in [-0.2, 0) is 27.2 Å². The van der Waals surface area contributed by atoms with Gasteiger partial charge in [0.15, 0.2) is 5.90 Å². The van der Waals surface area contributed by atoms with Crippen LogP contribution in [0.5, 0.6) is 0 Å². The van der Waals surface area contributed by atoms with Crippen LogP contribution >= 0.6 is 15.2 Å². The molecule has 0 aromatic carbocycles. The summed E-state index contributed by atoms with van der Waals surface area (Å²) < 4.78 is 48.0. The fourth-order valence-electron chi connectivity index (χ4n) is 2.68. The second-order valence-corrected chi connectivity index (χ2v) is 11.9. The summed E-state index contributed by atoms with van der Waals surface area (Å²) in [6.45, 7) is 7.42. The first-order chi connectivity index (χ1) is 13.4. The van der Waals surface area contributed by atoms with E-state index >= 15 is 0 Å². The predicted molar refractivity (Wildman–Crippen MR) is 117 cm³/mol. The summed E-state index contributed by atoms with van der Waals surface area (Å²) in [7, 11) is -5.70. The molecule has 0 spiro atoms. The second kappa shape index (κ2) is 18.1. The van der Waals surface area contributed by atoms with Crippen LogP contribution in [0.4, 0.5) is 0 Å². The van der Waals surface area contributed by atoms with Crippen LogP contribution in [0.2, 0.25) is 0 Å². The quantitative estimate of drug-likeness (QED) is 0.134. The van der Waals surface area contributed by atoms with Crippen LogP contribution in [0.1, 0.15) is 97.8 Å². The van der Waals surface area contributed by atoms with E-state index in [-0.39, 0.29) is 5.90 Å². The van der Waals surface area contributed by atoms with E-state index in [1.165, 1.54) is 7.11 Å². The molecule has 28 heavy (non-hydrogen) atoms. The van der Waals surface area contributed by atoms with Gasteiger partial charge in [-0.25, -0.2) is 0 Å². The number of hydrogen-bond acceptors (Lipinski definition) is 6. The number of rotatable bonds is 21. The molecular formula is C20H44O6P2. The van der Waals surface area contributed by atoms with Gasteiger partial charge in [0.2, 0.25) is 0 Å². The predicted octanol–water partition coefficient (Wildman–Crippen LogP) is 7.77. The van der Waals surface area contributed by atoms with Gasteiger partial charge in [0, 0.05) is 7.11 Å². The molecule has 0 bridgehead atoms. The van der Waals surface area contributed by atoms with Gasteiger partial charge in [-0.2, -0.15) is 0 Å². The summed E-state index contributed by atoms with van der Waals surface area (Å²) in [5.74, 6) is -0.314. The molecule has 0 aliphatic carbocycles.